The Hall–Kier alpha value is -3.92. The van der Waals surface area contributed by atoms with Crippen LogP contribution in [0.25, 0.3) is 21.5 Å². The molecule has 0 bridgehead atoms. The Morgan fingerprint density at radius 3 is 1.43 bits per heavy atom. The van der Waals surface area contributed by atoms with Gasteiger partial charge in [0.15, 0.2) is 0 Å². The molecular weight excluding hydrogens is 372 g/mol. The summed E-state index contributed by atoms with van der Waals surface area (Å²) in [4.78, 5) is 25.4. The van der Waals surface area contributed by atoms with E-state index in [4.69, 9.17) is 0 Å². The molecule has 1 aliphatic carbocycles. The SMILES string of the molecule is C=C1[C@@H](C(=O)Nc2ccc3ccccc3c2)[C@@H]1C(=O)Nc1ccc2ccccc2c1. The van der Waals surface area contributed by atoms with Crippen LogP contribution in [0.2, 0.25) is 0 Å². The summed E-state index contributed by atoms with van der Waals surface area (Å²) in [5.41, 5.74) is 2.07. The van der Waals surface area contributed by atoms with Gasteiger partial charge < -0.3 is 10.6 Å². The first kappa shape index (κ1) is 18.1. The van der Waals surface area contributed by atoms with Gasteiger partial charge >= 0.3 is 0 Å². The van der Waals surface area contributed by atoms with Crippen LogP contribution in [0, 0.1) is 11.8 Å². The van der Waals surface area contributed by atoms with Crippen LogP contribution < -0.4 is 10.6 Å². The predicted molar refractivity (Wildman–Crippen MR) is 121 cm³/mol. The topological polar surface area (TPSA) is 58.2 Å². The third-order valence-corrected chi connectivity index (χ3v) is 5.62. The van der Waals surface area contributed by atoms with Gasteiger partial charge in [-0.2, -0.15) is 0 Å². The van der Waals surface area contributed by atoms with E-state index in [2.05, 4.69) is 17.2 Å². The molecule has 0 saturated heterocycles. The van der Waals surface area contributed by atoms with Crippen molar-refractivity contribution >= 4 is 44.7 Å². The largest absolute Gasteiger partial charge is 0.326 e. The number of carbonyl (C=O) groups is 2. The van der Waals surface area contributed by atoms with E-state index in [-0.39, 0.29) is 11.8 Å². The smallest absolute Gasteiger partial charge is 0.232 e. The lowest BCUT2D eigenvalue weighted by atomic mass is 10.1. The third-order valence-electron chi connectivity index (χ3n) is 5.62. The standard InChI is InChI=1S/C26H20N2O2/c1-16-23(25(29)27-21-12-10-17-6-2-4-8-19(17)14-21)24(16)26(30)28-22-13-11-18-7-3-5-9-20(18)15-22/h2-15,23-24H,1H2,(H,27,29)(H,28,30)/t23-,24-/m1/s1. The van der Waals surface area contributed by atoms with E-state index < -0.39 is 11.8 Å². The number of benzene rings is 4. The highest BCUT2D eigenvalue weighted by Crippen LogP contribution is 2.45. The van der Waals surface area contributed by atoms with Crippen molar-refractivity contribution in [2.45, 2.75) is 0 Å². The first-order chi connectivity index (χ1) is 14.6. The molecule has 30 heavy (non-hydrogen) atoms. The van der Waals surface area contributed by atoms with Crippen LogP contribution in [-0.4, -0.2) is 11.8 Å². The molecule has 4 aromatic carbocycles. The fourth-order valence-corrected chi connectivity index (χ4v) is 3.93. The van der Waals surface area contributed by atoms with Crippen LogP contribution in [-0.2, 0) is 9.59 Å². The van der Waals surface area contributed by atoms with Gasteiger partial charge in [0.2, 0.25) is 11.8 Å². The molecule has 0 heterocycles. The van der Waals surface area contributed by atoms with Crippen LogP contribution in [0.5, 0.6) is 0 Å². The van der Waals surface area contributed by atoms with E-state index in [1.54, 1.807) is 0 Å². The minimum absolute atomic E-state index is 0.200. The zero-order valence-corrected chi connectivity index (χ0v) is 16.3. The molecule has 0 aromatic heterocycles. The second-order valence-electron chi connectivity index (χ2n) is 7.63. The molecular formula is C26H20N2O2. The summed E-state index contributed by atoms with van der Waals surface area (Å²) in [6, 6.07) is 27.5. The summed E-state index contributed by atoms with van der Waals surface area (Å²) < 4.78 is 0. The second kappa shape index (κ2) is 7.16. The molecule has 0 radical (unpaired) electrons. The van der Waals surface area contributed by atoms with Crippen molar-refractivity contribution < 1.29 is 9.59 Å². The summed E-state index contributed by atoms with van der Waals surface area (Å²) in [6.45, 7) is 3.93. The Morgan fingerprint density at radius 1 is 0.600 bits per heavy atom. The van der Waals surface area contributed by atoms with E-state index in [0.717, 1.165) is 21.5 Å². The highest BCUT2D eigenvalue weighted by molar-refractivity contribution is 6.09. The maximum atomic E-state index is 12.7. The second-order valence-corrected chi connectivity index (χ2v) is 7.63. The van der Waals surface area contributed by atoms with Crippen molar-refractivity contribution in [1.29, 1.82) is 0 Å². The van der Waals surface area contributed by atoms with Crippen LogP contribution in [0.1, 0.15) is 0 Å². The molecule has 4 aromatic rings. The quantitative estimate of drug-likeness (QED) is 0.459. The molecule has 1 saturated carbocycles. The lowest BCUT2D eigenvalue weighted by Gasteiger charge is -2.07. The molecule has 5 rings (SSSR count). The molecule has 2 atom stereocenters. The Kier molecular flexibility index (Phi) is 4.32. The van der Waals surface area contributed by atoms with Gasteiger partial charge in [-0.3, -0.25) is 9.59 Å². The van der Waals surface area contributed by atoms with Crippen molar-refractivity contribution in [3.8, 4) is 0 Å². The first-order valence-corrected chi connectivity index (χ1v) is 9.88. The van der Waals surface area contributed by atoms with Gasteiger partial charge in [-0.1, -0.05) is 72.8 Å². The van der Waals surface area contributed by atoms with Crippen LogP contribution >= 0.6 is 0 Å². The summed E-state index contributed by atoms with van der Waals surface area (Å²) in [7, 11) is 0. The average Bonchev–Trinajstić information content (AvgIpc) is 3.45. The minimum Gasteiger partial charge on any atom is -0.326 e. The Bertz CT molecular complexity index is 1220. The fourth-order valence-electron chi connectivity index (χ4n) is 3.93. The Balaban J connectivity index is 1.27. The molecule has 0 spiro atoms. The predicted octanol–water partition coefficient (Wildman–Crippen LogP) is 5.37. The summed E-state index contributed by atoms with van der Waals surface area (Å²) in [5.74, 6) is -1.41. The zero-order valence-electron chi connectivity index (χ0n) is 16.3. The summed E-state index contributed by atoms with van der Waals surface area (Å²) in [6.07, 6.45) is 0. The average molecular weight is 392 g/mol. The zero-order chi connectivity index (χ0) is 20.7. The van der Waals surface area contributed by atoms with E-state index in [9.17, 15) is 9.59 Å². The molecule has 146 valence electrons. The third kappa shape index (κ3) is 3.33. The maximum absolute atomic E-state index is 12.7. The summed E-state index contributed by atoms with van der Waals surface area (Å²) >= 11 is 0. The number of carbonyl (C=O) groups excluding carboxylic acids is 2. The van der Waals surface area contributed by atoms with Gasteiger partial charge in [-0.05, 0) is 45.8 Å². The number of hydrogen-bond donors (Lipinski definition) is 2. The molecule has 4 heteroatoms. The normalized spacial score (nSPS) is 17.7. The van der Waals surface area contributed by atoms with E-state index >= 15 is 0 Å². The van der Waals surface area contributed by atoms with Gasteiger partial charge in [0.25, 0.3) is 0 Å². The number of amides is 2. The van der Waals surface area contributed by atoms with Gasteiger partial charge in [0.1, 0.15) is 0 Å². The Labute approximate surface area is 174 Å². The highest BCUT2D eigenvalue weighted by atomic mass is 16.2. The lowest BCUT2D eigenvalue weighted by Crippen LogP contribution is -2.20. The van der Waals surface area contributed by atoms with Crippen molar-refractivity contribution in [2.75, 3.05) is 10.6 Å². The molecule has 0 unspecified atom stereocenters. The van der Waals surface area contributed by atoms with Crippen LogP contribution in [0.15, 0.2) is 97.1 Å². The number of rotatable bonds is 4. The van der Waals surface area contributed by atoms with Gasteiger partial charge in [-0.25, -0.2) is 0 Å². The first-order valence-electron chi connectivity index (χ1n) is 9.88. The number of fused-ring (bicyclic) bond motifs is 2. The number of hydrogen-bond acceptors (Lipinski definition) is 2. The van der Waals surface area contributed by atoms with Crippen LogP contribution in [0.3, 0.4) is 0 Å². The van der Waals surface area contributed by atoms with Gasteiger partial charge in [0, 0.05) is 11.4 Å². The molecule has 1 aliphatic rings. The van der Waals surface area contributed by atoms with E-state index in [1.807, 2.05) is 84.9 Å². The van der Waals surface area contributed by atoms with Gasteiger partial charge in [0.05, 0.1) is 11.8 Å². The maximum Gasteiger partial charge on any atom is 0.232 e. The minimum atomic E-state index is -0.503. The van der Waals surface area contributed by atoms with E-state index in [1.165, 1.54) is 0 Å². The van der Waals surface area contributed by atoms with E-state index in [0.29, 0.717) is 16.9 Å². The van der Waals surface area contributed by atoms with Crippen molar-refractivity contribution in [3.05, 3.63) is 97.1 Å². The molecule has 4 nitrogen and oxygen atoms in total. The molecule has 2 amide bonds. The van der Waals surface area contributed by atoms with Crippen LogP contribution in [0.4, 0.5) is 11.4 Å². The number of nitrogens with one attached hydrogen (secondary N) is 2. The lowest BCUT2D eigenvalue weighted by molar-refractivity contribution is -0.122. The van der Waals surface area contributed by atoms with Crippen molar-refractivity contribution in [3.63, 3.8) is 0 Å². The molecule has 1 fully saturated rings. The molecule has 0 aliphatic heterocycles. The molecule has 2 N–H and O–H groups in total. The van der Waals surface area contributed by atoms with Crippen molar-refractivity contribution in [2.24, 2.45) is 11.8 Å². The monoisotopic (exact) mass is 392 g/mol. The van der Waals surface area contributed by atoms with Crippen molar-refractivity contribution in [1.82, 2.24) is 0 Å². The highest BCUT2D eigenvalue weighted by Gasteiger charge is 2.52. The number of anilines is 2. The Morgan fingerprint density at radius 2 is 1.00 bits per heavy atom. The fraction of sp³-hybridized carbons (Fsp3) is 0.0769. The summed E-state index contributed by atoms with van der Waals surface area (Å²) in [5, 5.41) is 10.2. The van der Waals surface area contributed by atoms with Gasteiger partial charge in [-0.15, -0.1) is 0 Å².